The van der Waals surface area contributed by atoms with E-state index in [0.717, 1.165) is 0 Å². The molecule has 0 aliphatic rings. The molecule has 8 heteroatoms. The van der Waals surface area contributed by atoms with Gasteiger partial charge in [0.25, 0.3) is 0 Å². The van der Waals surface area contributed by atoms with Gasteiger partial charge in [-0.1, -0.05) is 11.8 Å². The van der Waals surface area contributed by atoms with Crippen LogP contribution in [0.2, 0.25) is 0 Å². The van der Waals surface area contributed by atoms with Crippen LogP contribution in [0.3, 0.4) is 0 Å². The molecule has 0 atom stereocenters. The molecule has 0 bridgehead atoms. The van der Waals surface area contributed by atoms with Crippen LogP contribution in [0.1, 0.15) is 0 Å². The molecule has 0 aliphatic carbocycles. The van der Waals surface area contributed by atoms with E-state index in [-0.39, 0.29) is 13.2 Å². The average Bonchev–Trinajstić information content (AvgIpc) is 2.66. The minimum absolute atomic E-state index is 0.0135. The Kier molecular flexibility index (Phi) is 6.25. The number of tetrazole rings is 1. The Morgan fingerprint density at radius 1 is 1.27 bits per heavy atom. The molecule has 0 unspecified atom stereocenters. The van der Waals surface area contributed by atoms with Crippen molar-refractivity contribution in [1.82, 2.24) is 20.2 Å². The molecule has 1 rings (SSSR count). The van der Waals surface area contributed by atoms with Crippen LogP contribution < -0.4 is 0 Å². The first kappa shape index (κ1) is 12.4. The molecule has 86 valence electrons. The van der Waals surface area contributed by atoms with Gasteiger partial charge in [-0.05, 0) is 10.4 Å². The number of rotatable bonds is 8. The summed E-state index contributed by atoms with van der Waals surface area (Å²) in [6.07, 6.45) is 0. The third-order valence-corrected chi connectivity index (χ3v) is 2.43. The molecule has 0 amide bonds. The van der Waals surface area contributed by atoms with Gasteiger partial charge >= 0.3 is 0 Å². The van der Waals surface area contributed by atoms with E-state index < -0.39 is 0 Å². The van der Waals surface area contributed by atoms with Crippen molar-refractivity contribution in [2.24, 2.45) is 0 Å². The average molecular weight is 234 g/mol. The molecule has 0 aromatic carbocycles. The van der Waals surface area contributed by atoms with Crippen molar-refractivity contribution in [2.45, 2.75) is 11.7 Å². The van der Waals surface area contributed by atoms with Crippen molar-refractivity contribution < 1.29 is 14.9 Å². The normalized spacial score (nSPS) is 10.8. The second kappa shape index (κ2) is 7.57. The maximum Gasteiger partial charge on any atom is 0.209 e. The van der Waals surface area contributed by atoms with Crippen LogP contribution in [0.25, 0.3) is 0 Å². The number of thioether (sulfide) groups is 1. The molecule has 0 saturated heterocycles. The lowest BCUT2D eigenvalue weighted by molar-refractivity contribution is 0.103. The zero-order chi connectivity index (χ0) is 10.9. The quantitative estimate of drug-likeness (QED) is 0.429. The van der Waals surface area contributed by atoms with Crippen molar-refractivity contribution in [1.29, 1.82) is 0 Å². The standard InChI is InChI=1S/C7H14N4O3S/c12-2-1-11-7(8-9-10-11)15-6-5-14-4-3-13/h12-13H,1-6H2. The van der Waals surface area contributed by atoms with Crippen LogP contribution in [0.15, 0.2) is 5.16 Å². The highest BCUT2D eigenvalue weighted by molar-refractivity contribution is 7.99. The number of nitrogens with zero attached hydrogens (tertiary/aromatic N) is 4. The monoisotopic (exact) mass is 234 g/mol. The van der Waals surface area contributed by atoms with E-state index in [1.54, 1.807) is 0 Å². The first-order chi connectivity index (χ1) is 7.38. The van der Waals surface area contributed by atoms with Gasteiger partial charge in [0.2, 0.25) is 5.16 Å². The van der Waals surface area contributed by atoms with Crippen molar-refractivity contribution in [3.63, 3.8) is 0 Å². The largest absolute Gasteiger partial charge is 0.394 e. The van der Waals surface area contributed by atoms with Gasteiger partial charge in [0.1, 0.15) is 0 Å². The number of hydrogen-bond acceptors (Lipinski definition) is 7. The second-order valence-electron chi connectivity index (χ2n) is 2.59. The first-order valence-electron chi connectivity index (χ1n) is 4.57. The Morgan fingerprint density at radius 2 is 2.13 bits per heavy atom. The highest BCUT2D eigenvalue weighted by Gasteiger charge is 2.05. The summed E-state index contributed by atoms with van der Waals surface area (Å²) >= 11 is 1.45. The molecule has 0 spiro atoms. The first-order valence-corrected chi connectivity index (χ1v) is 5.55. The van der Waals surface area contributed by atoms with E-state index in [9.17, 15) is 0 Å². The summed E-state index contributed by atoms with van der Waals surface area (Å²) in [7, 11) is 0. The van der Waals surface area contributed by atoms with E-state index in [4.69, 9.17) is 14.9 Å². The predicted molar refractivity (Wildman–Crippen MR) is 53.5 cm³/mol. The van der Waals surface area contributed by atoms with E-state index in [1.807, 2.05) is 0 Å². The highest BCUT2D eigenvalue weighted by atomic mass is 32.2. The van der Waals surface area contributed by atoms with Gasteiger partial charge in [-0.25, -0.2) is 4.68 Å². The Balaban J connectivity index is 2.21. The molecule has 0 saturated carbocycles. The SMILES string of the molecule is OCCOCCSc1nnnn1CCO. The number of aliphatic hydroxyl groups excluding tert-OH is 2. The van der Waals surface area contributed by atoms with Gasteiger partial charge in [0.15, 0.2) is 0 Å². The van der Waals surface area contributed by atoms with Gasteiger partial charge in [-0.2, -0.15) is 0 Å². The zero-order valence-electron chi connectivity index (χ0n) is 8.24. The summed E-state index contributed by atoms with van der Waals surface area (Å²) < 4.78 is 6.62. The summed E-state index contributed by atoms with van der Waals surface area (Å²) in [5, 5.41) is 28.9. The van der Waals surface area contributed by atoms with Crippen LogP contribution in [0.4, 0.5) is 0 Å². The van der Waals surface area contributed by atoms with E-state index in [1.165, 1.54) is 16.4 Å². The molecular weight excluding hydrogens is 220 g/mol. The van der Waals surface area contributed by atoms with Crippen LogP contribution in [-0.2, 0) is 11.3 Å². The Hall–Kier alpha value is -0.700. The predicted octanol–water partition coefficient (Wildman–Crippen LogP) is -1.23. The van der Waals surface area contributed by atoms with Crippen LogP contribution in [0.5, 0.6) is 0 Å². The van der Waals surface area contributed by atoms with Gasteiger partial charge in [0, 0.05) is 5.75 Å². The van der Waals surface area contributed by atoms with Crippen molar-refractivity contribution in [2.75, 3.05) is 32.2 Å². The lowest BCUT2D eigenvalue weighted by Crippen LogP contribution is -2.07. The Morgan fingerprint density at radius 3 is 2.87 bits per heavy atom. The molecule has 2 N–H and O–H groups in total. The summed E-state index contributed by atoms with van der Waals surface area (Å²) in [5.74, 6) is 0.714. The summed E-state index contributed by atoms with van der Waals surface area (Å²) in [6.45, 7) is 1.33. The van der Waals surface area contributed by atoms with Crippen LogP contribution in [0, 0.1) is 0 Å². The molecular formula is C7H14N4O3S. The molecule has 0 fully saturated rings. The van der Waals surface area contributed by atoms with Crippen molar-refractivity contribution >= 4 is 11.8 Å². The fourth-order valence-corrected chi connectivity index (χ4v) is 1.65. The maximum absolute atomic E-state index is 8.73. The Labute approximate surface area is 91.4 Å². The van der Waals surface area contributed by atoms with Crippen molar-refractivity contribution in [3.05, 3.63) is 0 Å². The Bertz CT molecular complexity index is 270. The van der Waals surface area contributed by atoms with Gasteiger partial charge in [-0.15, -0.1) is 5.10 Å². The lowest BCUT2D eigenvalue weighted by Gasteiger charge is -2.02. The van der Waals surface area contributed by atoms with E-state index in [0.29, 0.717) is 30.7 Å². The number of aromatic nitrogens is 4. The molecule has 1 heterocycles. The summed E-state index contributed by atoms with van der Waals surface area (Å²) in [6, 6.07) is 0. The molecule has 1 aromatic rings. The zero-order valence-corrected chi connectivity index (χ0v) is 9.06. The van der Waals surface area contributed by atoms with Crippen molar-refractivity contribution in [3.8, 4) is 0 Å². The third kappa shape index (κ3) is 4.56. The smallest absolute Gasteiger partial charge is 0.209 e. The third-order valence-electron chi connectivity index (χ3n) is 1.51. The van der Waals surface area contributed by atoms with Gasteiger partial charge in [0.05, 0.1) is 33.0 Å². The molecule has 15 heavy (non-hydrogen) atoms. The van der Waals surface area contributed by atoms with E-state index in [2.05, 4.69) is 15.5 Å². The number of ether oxygens (including phenoxy) is 1. The van der Waals surface area contributed by atoms with Gasteiger partial charge < -0.3 is 14.9 Å². The van der Waals surface area contributed by atoms with Crippen LogP contribution in [-0.4, -0.2) is 62.6 Å². The van der Waals surface area contributed by atoms with E-state index >= 15 is 0 Å². The van der Waals surface area contributed by atoms with Crippen LogP contribution >= 0.6 is 11.8 Å². The summed E-state index contributed by atoms with van der Waals surface area (Å²) in [5.41, 5.74) is 0. The topological polar surface area (TPSA) is 93.3 Å². The number of aliphatic hydroxyl groups is 2. The molecule has 0 radical (unpaired) electrons. The molecule has 1 aromatic heterocycles. The highest BCUT2D eigenvalue weighted by Crippen LogP contribution is 2.12. The fourth-order valence-electron chi connectivity index (χ4n) is 0.893. The fraction of sp³-hybridized carbons (Fsp3) is 0.857. The minimum atomic E-state index is 0.0135. The van der Waals surface area contributed by atoms with Gasteiger partial charge in [-0.3, -0.25) is 0 Å². The summed E-state index contributed by atoms with van der Waals surface area (Å²) in [4.78, 5) is 0. The maximum atomic E-state index is 8.73. The molecule has 0 aliphatic heterocycles. The molecule has 7 nitrogen and oxygen atoms in total. The number of hydrogen-bond donors (Lipinski definition) is 2. The minimum Gasteiger partial charge on any atom is -0.394 e. The second-order valence-corrected chi connectivity index (χ2v) is 3.65. The lowest BCUT2D eigenvalue weighted by atomic mass is 10.7.